The lowest BCUT2D eigenvalue weighted by atomic mass is 9.97. The monoisotopic (exact) mass is 353 g/mol. The highest BCUT2D eigenvalue weighted by molar-refractivity contribution is 9.10. The third-order valence-corrected chi connectivity index (χ3v) is 3.82. The van der Waals surface area contributed by atoms with E-state index in [1.54, 1.807) is 0 Å². The number of alkyl halides is 3. The number of piperidine rings is 1. The number of carbonyl (C=O) groups excluding carboxylic acids is 1. The number of hydrogen-bond acceptors (Lipinski definition) is 1. The molecule has 2 nitrogen and oxygen atoms in total. The van der Waals surface area contributed by atoms with Gasteiger partial charge in [0.15, 0.2) is 0 Å². The first-order valence-electron chi connectivity index (χ1n) is 6.10. The van der Waals surface area contributed by atoms with E-state index in [2.05, 4.69) is 15.9 Å². The summed E-state index contributed by atoms with van der Waals surface area (Å²) in [5.41, 5.74) is -0.206. The number of amides is 1. The highest BCUT2D eigenvalue weighted by atomic mass is 79.9. The van der Waals surface area contributed by atoms with Crippen LogP contribution in [0.4, 0.5) is 17.6 Å². The van der Waals surface area contributed by atoms with Gasteiger partial charge in [0.2, 0.25) is 0 Å². The van der Waals surface area contributed by atoms with E-state index in [1.165, 1.54) is 12.1 Å². The Morgan fingerprint density at radius 3 is 2.70 bits per heavy atom. The molecule has 0 saturated carbocycles. The predicted octanol–water partition coefficient (Wildman–Crippen LogP) is 4.00. The van der Waals surface area contributed by atoms with Crippen LogP contribution >= 0.6 is 15.9 Å². The Morgan fingerprint density at radius 1 is 1.35 bits per heavy atom. The SMILES string of the molecule is O=C(c1cc(Br)ccc1F)N1CCCC(C(F)(F)F)C1. The quantitative estimate of drug-likeness (QED) is 0.698. The van der Waals surface area contributed by atoms with Gasteiger partial charge in [0.1, 0.15) is 5.82 Å². The fourth-order valence-electron chi connectivity index (χ4n) is 2.26. The summed E-state index contributed by atoms with van der Waals surface area (Å²) in [6, 6.07) is 3.83. The lowest BCUT2D eigenvalue weighted by Gasteiger charge is -2.33. The number of nitrogens with zero attached hydrogens (tertiary/aromatic N) is 1. The number of rotatable bonds is 1. The van der Waals surface area contributed by atoms with E-state index in [4.69, 9.17) is 0 Å². The van der Waals surface area contributed by atoms with Crippen LogP contribution in [0.3, 0.4) is 0 Å². The van der Waals surface area contributed by atoms with E-state index in [0.717, 1.165) is 11.0 Å². The van der Waals surface area contributed by atoms with Crippen molar-refractivity contribution in [3.05, 3.63) is 34.1 Å². The second kappa shape index (κ2) is 5.71. The fourth-order valence-corrected chi connectivity index (χ4v) is 2.62. The topological polar surface area (TPSA) is 20.3 Å². The van der Waals surface area contributed by atoms with E-state index < -0.39 is 30.4 Å². The predicted molar refractivity (Wildman–Crippen MR) is 68.8 cm³/mol. The molecule has 1 amide bonds. The van der Waals surface area contributed by atoms with Gasteiger partial charge in [-0.25, -0.2) is 4.39 Å². The largest absolute Gasteiger partial charge is 0.393 e. The highest BCUT2D eigenvalue weighted by Crippen LogP contribution is 2.33. The summed E-state index contributed by atoms with van der Waals surface area (Å²) in [6.07, 6.45) is -4.05. The van der Waals surface area contributed by atoms with Crippen LogP contribution < -0.4 is 0 Å². The maximum Gasteiger partial charge on any atom is 0.393 e. The van der Waals surface area contributed by atoms with Gasteiger partial charge in [-0.1, -0.05) is 15.9 Å². The molecule has 0 aliphatic carbocycles. The zero-order valence-corrected chi connectivity index (χ0v) is 12.0. The van der Waals surface area contributed by atoms with Crippen LogP contribution in [0.25, 0.3) is 0 Å². The summed E-state index contributed by atoms with van der Waals surface area (Å²) >= 11 is 3.11. The Balaban J connectivity index is 2.18. The van der Waals surface area contributed by atoms with E-state index in [-0.39, 0.29) is 24.9 Å². The van der Waals surface area contributed by atoms with Crippen molar-refractivity contribution in [1.82, 2.24) is 4.90 Å². The Kier molecular flexibility index (Phi) is 4.36. The number of carbonyl (C=O) groups is 1. The van der Waals surface area contributed by atoms with Gasteiger partial charge in [0.25, 0.3) is 5.91 Å². The molecule has 0 N–H and O–H groups in total. The number of likely N-dealkylation sites (tertiary alicyclic amines) is 1. The molecule has 1 saturated heterocycles. The molecular weight excluding hydrogens is 342 g/mol. The number of halogens is 5. The van der Waals surface area contributed by atoms with Crippen LogP contribution in [0.1, 0.15) is 23.2 Å². The molecule has 1 aliphatic heterocycles. The van der Waals surface area contributed by atoms with Crippen molar-refractivity contribution in [2.75, 3.05) is 13.1 Å². The van der Waals surface area contributed by atoms with Gasteiger partial charge in [0, 0.05) is 17.6 Å². The second-order valence-electron chi connectivity index (χ2n) is 4.76. The lowest BCUT2D eigenvalue weighted by molar-refractivity contribution is -0.184. The van der Waals surface area contributed by atoms with E-state index in [9.17, 15) is 22.4 Å². The third-order valence-electron chi connectivity index (χ3n) is 3.33. The van der Waals surface area contributed by atoms with Crippen LogP contribution in [0.5, 0.6) is 0 Å². The van der Waals surface area contributed by atoms with Gasteiger partial charge >= 0.3 is 6.18 Å². The molecule has 20 heavy (non-hydrogen) atoms. The van der Waals surface area contributed by atoms with Crippen LogP contribution in [0.2, 0.25) is 0 Å². The van der Waals surface area contributed by atoms with Crippen molar-refractivity contribution in [2.24, 2.45) is 5.92 Å². The maximum atomic E-state index is 13.6. The molecule has 1 fully saturated rings. The molecule has 1 unspecified atom stereocenters. The Hall–Kier alpha value is -1.11. The minimum atomic E-state index is -4.32. The Bertz CT molecular complexity index is 518. The summed E-state index contributed by atoms with van der Waals surface area (Å²) < 4.78 is 52.2. The summed E-state index contributed by atoms with van der Waals surface area (Å²) in [7, 11) is 0. The molecule has 0 aromatic heterocycles. The Morgan fingerprint density at radius 2 is 2.05 bits per heavy atom. The number of hydrogen-bond donors (Lipinski definition) is 0. The fraction of sp³-hybridized carbons (Fsp3) is 0.462. The standard InChI is InChI=1S/C13H12BrF4NO/c14-9-3-4-11(15)10(6-9)12(20)19-5-1-2-8(7-19)13(16,17)18/h3-4,6,8H,1-2,5,7H2. The van der Waals surface area contributed by atoms with Crippen molar-refractivity contribution < 1.29 is 22.4 Å². The molecule has 1 aliphatic rings. The first-order chi connectivity index (χ1) is 9.29. The van der Waals surface area contributed by atoms with Gasteiger partial charge in [-0.05, 0) is 31.0 Å². The van der Waals surface area contributed by atoms with Crippen LogP contribution in [-0.4, -0.2) is 30.1 Å². The second-order valence-corrected chi connectivity index (χ2v) is 5.67. The molecule has 0 spiro atoms. The van der Waals surface area contributed by atoms with Crippen molar-refractivity contribution in [3.63, 3.8) is 0 Å². The van der Waals surface area contributed by atoms with Crippen LogP contribution in [0, 0.1) is 11.7 Å². The molecule has 7 heteroatoms. The molecule has 1 heterocycles. The molecule has 0 bridgehead atoms. The normalized spacial score (nSPS) is 20.1. The minimum absolute atomic E-state index is 0.00818. The first-order valence-corrected chi connectivity index (χ1v) is 6.89. The molecule has 1 aromatic carbocycles. The van der Waals surface area contributed by atoms with Crippen molar-refractivity contribution in [3.8, 4) is 0 Å². The molecular formula is C13H12BrF4NO. The van der Waals surface area contributed by atoms with Gasteiger partial charge < -0.3 is 4.90 Å². The van der Waals surface area contributed by atoms with E-state index in [1.807, 2.05) is 0 Å². The molecule has 2 rings (SSSR count). The smallest absolute Gasteiger partial charge is 0.338 e. The summed E-state index contributed by atoms with van der Waals surface area (Å²) in [4.78, 5) is 13.2. The lowest BCUT2D eigenvalue weighted by Crippen LogP contribution is -2.44. The average molecular weight is 354 g/mol. The minimum Gasteiger partial charge on any atom is -0.338 e. The van der Waals surface area contributed by atoms with E-state index >= 15 is 0 Å². The van der Waals surface area contributed by atoms with Crippen LogP contribution in [-0.2, 0) is 0 Å². The first kappa shape index (κ1) is 15.3. The van der Waals surface area contributed by atoms with Crippen molar-refractivity contribution >= 4 is 21.8 Å². The third kappa shape index (κ3) is 3.31. The van der Waals surface area contributed by atoms with Gasteiger partial charge in [-0.3, -0.25) is 4.79 Å². The van der Waals surface area contributed by atoms with Crippen LogP contribution in [0.15, 0.2) is 22.7 Å². The number of benzene rings is 1. The average Bonchev–Trinajstić information content (AvgIpc) is 2.40. The van der Waals surface area contributed by atoms with Crippen molar-refractivity contribution in [1.29, 1.82) is 0 Å². The van der Waals surface area contributed by atoms with Gasteiger partial charge in [-0.15, -0.1) is 0 Å². The Labute approximate surface area is 121 Å². The molecule has 110 valence electrons. The zero-order chi connectivity index (χ0) is 14.9. The molecule has 1 aromatic rings. The molecule has 1 atom stereocenters. The summed E-state index contributed by atoms with van der Waals surface area (Å²) in [5, 5.41) is 0. The van der Waals surface area contributed by atoms with Gasteiger partial charge in [-0.2, -0.15) is 13.2 Å². The summed E-state index contributed by atoms with van der Waals surface area (Å²) in [5.74, 6) is -2.96. The van der Waals surface area contributed by atoms with Crippen molar-refractivity contribution in [2.45, 2.75) is 19.0 Å². The summed E-state index contributed by atoms with van der Waals surface area (Å²) in [6.45, 7) is -0.189. The maximum absolute atomic E-state index is 13.6. The van der Waals surface area contributed by atoms with Gasteiger partial charge in [0.05, 0.1) is 11.5 Å². The highest BCUT2D eigenvalue weighted by Gasteiger charge is 2.42. The molecule has 0 radical (unpaired) electrons. The zero-order valence-electron chi connectivity index (χ0n) is 10.4. The van der Waals surface area contributed by atoms with E-state index in [0.29, 0.717) is 4.47 Å².